The van der Waals surface area contributed by atoms with Crippen LogP contribution in [0, 0.1) is 0 Å². The van der Waals surface area contributed by atoms with Crippen molar-refractivity contribution >= 4 is 11.3 Å². The van der Waals surface area contributed by atoms with Crippen LogP contribution in [-0.4, -0.2) is 33.6 Å². The number of aliphatic hydroxyl groups is 1. The van der Waals surface area contributed by atoms with Crippen molar-refractivity contribution in [1.29, 1.82) is 0 Å². The SMILES string of the molecule is COC(C)c1nc(Cn2cc(CCCO)c(C(F)(F)F)n2)cs1. The fourth-order valence-electron chi connectivity index (χ4n) is 2.08. The highest BCUT2D eigenvalue weighted by molar-refractivity contribution is 7.09. The first-order valence-corrected chi connectivity index (χ1v) is 7.94. The van der Waals surface area contributed by atoms with Crippen LogP contribution in [0.3, 0.4) is 0 Å². The summed E-state index contributed by atoms with van der Waals surface area (Å²) in [5.74, 6) is 0. The Kier molecular flexibility index (Phi) is 5.77. The molecule has 2 aromatic heterocycles. The molecule has 2 aromatic rings. The van der Waals surface area contributed by atoms with Crippen molar-refractivity contribution in [2.24, 2.45) is 0 Å². The fourth-order valence-corrected chi connectivity index (χ4v) is 2.93. The van der Waals surface area contributed by atoms with Gasteiger partial charge in [0.15, 0.2) is 5.69 Å². The number of aliphatic hydroxyl groups excluding tert-OH is 1. The van der Waals surface area contributed by atoms with Gasteiger partial charge in [0.1, 0.15) is 11.1 Å². The van der Waals surface area contributed by atoms with Gasteiger partial charge in [0, 0.05) is 30.9 Å². The number of ether oxygens (including phenoxy) is 1. The van der Waals surface area contributed by atoms with E-state index in [0.717, 1.165) is 5.01 Å². The molecule has 0 radical (unpaired) electrons. The molecule has 2 heterocycles. The largest absolute Gasteiger partial charge is 0.435 e. The Balaban J connectivity index is 2.19. The van der Waals surface area contributed by atoms with E-state index in [2.05, 4.69) is 10.1 Å². The predicted octanol–water partition coefficient (Wildman–Crippen LogP) is 3.04. The van der Waals surface area contributed by atoms with Crippen LogP contribution in [0.1, 0.15) is 41.4 Å². The molecule has 1 N–H and O–H groups in total. The lowest BCUT2D eigenvalue weighted by Gasteiger charge is -2.05. The molecule has 1 atom stereocenters. The first-order chi connectivity index (χ1) is 10.8. The molecule has 1 unspecified atom stereocenters. The second-order valence-electron chi connectivity index (χ2n) is 5.08. The summed E-state index contributed by atoms with van der Waals surface area (Å²) >= 11 is 1.40. The summed E-state index contributed by atoms with van der Waals surface area (Å²) in [6, 6.07) is 0. The third-order valence-corrected chi connectivity index (χ3v) is 4.36. The molecular formula is C14H18F3N3O2S. The van der Waals surface area contributed by atoms with Gasteiger partial charge in [-0.2, -0.15) is 18.3 Å². The van der Waals surface area contributed by atoms with Crippen LogP contribution < -0.4 is 0 Å². The molecule has 0 amide bonds. The van der Waals surface area contributed by atoms with Crippen molar-refractivity contribution in [3.63, 3.8) is 0 Å². The lowest BCUT2D eigenvalue weighted by molar-refractivity contribution is -0.142. The minimum absolute atomic E-state index is 0.0901. The van der Waals surface area contributed by atoms with E-state index >= 15 is 0 Å². The van der Waals surface area contributed by atoms with Crippen LogP contribution in [0.25, 0.3) is 0 Å². The maximum absolute atomic E-state index is 13.0. The summed E-state index contributed by atoms with van der Waals surface area (Å²) in [7, 11) is 1.57. The first kappa shape index (κ1) is 17.9. The molecule has 9 heteroatoms. The average molecular weight is 349 g/mol. The maximum atomic E-state index is 13.0. The molecule has 0 aromatic carbocycles. The molecule has 23 heavy (non-hydrogen) atoms. The van der Waals surface area contributed by atoms with Gasteiger partial charge in [-0.05, 0) is 19.8 Å². The Hall–Kier alpha value is -1.45. The van der Waals surface area contributed by atoms with Gasteiger partial charge in [-0.3, -0.25) is 4.68 Å². The minimum Gasteiger partial charge on any atom is -0.396 e. The summed E-state index contributed by atoms with van der Waals surface area (Å²) in [5.41, 5.74) is -0.169. The highest BCUT2D eigenvalue weighted by atomic mass is 32.1. The van der Waals surface area contributed by atoms with Crippen LogP contribution in [-0.2, 0) is 23.9 Å². The monoisotopic (exact) mass is 349 g/mol. The van der Waals surface area contributed by atoms with E-state index in [1.165, 1.54) is 22.2 Å². The zero-order valence-electron chi connectivity index (χ0n) is 12.8. The summed E-state index contributed by atoms with van der Waals surface area (Å²) in [5, 5.41) is 15.0. The van der Waals surface area contributed by atoms with Gasteiger partial charge in [0.2, 0.25) is 0 Å². The molecule has 0 spiro atoms. The Bertz CT molecular complexity index is 639. The molecule has 0 aliphatic heterocycles. The summed E-state index contributed by atoms with van der Waals surface area (Å²) < 4.78 is 45.5. The van der Waals surface area contributed by atoms with Gasteiger partial charge < -0.3 is 9.84 Å². The van der Waals surface area contributed by atoms with Gasteiger partial charge >= 0.3 is 6.18 Å². The average Bonchev–Trinajstić information content (AvgIpc) is 3.11. The second-order valence-corrected chi connectivity index (χ2v) is 5.97. The number of nitrogens with zero attached hydrogens (tertiary/aromatic N) is 3. The van der Waals surface area contributed by atoms with Crippen molar-refractivity contribution in [3.05, 3.63) is 33.5 Å². The van der Waals surface area contributed by atoms with E-state index in [0.29, 0.717) is 5.69 Å². The van der Waals surface area contributed by atoms with E-state index in [1.807, 2.05) is 6.92 Å². The van der Waals surface area contributed by atoms with E-state index in [4.69, 9.17) is 9.84 Å². The number of alkyl halides is 3. The number of hydrogen-bond acceptors (Lipinski definition) is 5. The third kappa shape index (κ3) is 4.52. The molecule has 2 rings (SSSR count). The second kappa shape index (κ2) is 7.41. The van der Waals surface area contributed by atoms with Gasteiger partial charge in [0.05, 0.1) is 12.2 Å². The number of methoxy groups -OCH3 is 1. The van der Waals surface area contributed by atoms with Gasteiger partial charge in [0.25, 0.3) is 0 Å². The maximum Gasteiger partial charge on any atom is 0.435 e. The lowest BCUT2D eigenvalue weighted by Crippen LogP contribution is -2.10. The quantitative estimate of drug-likeness (QED) is 0.835. The molecular weight excluding hydrogens is 331 g/mol. The molecule has 0 aliphatic carbocycles. The van der Waals surface area contributed by atoms with E-state index in [-0.39, 0.29) is 37.7 Å². The van der Waals surface area contributed by atoms with Crippen LogP contribution in [0.4, 0.5) is 13.2 Å². The third-order valence-electron chi connectivity index (χ3n) is 3.31. The zero-order valence-corrected chi connectivity index (χ0v) is 13.6. The zero-order chi connectivity index (χ0) is 17.0. The lowest BCUT2D eigenvalue weighted by atomic mass is 10.1. The first-order valence-electron chi connectivity index (χ1n) is 7.06. The molecule has 0 saturated carbocycles. The van der Waals surface area contributed by atoms with Gasteiger partial charge in [-0.25, -0.2) is 4.98 Å². The molecule has 0 bridgehead atoms. The predicted molar refractivity (Wildman–Crippen MR) is 79.3 cm³/mol. The Morgan fingerprint density at radius 1 is 1.43 bits per heavy atom. The Labute approximate surface area is 135 Å². The highest BCUT2D eigenvalue weighted by Gasteiger charge is 2.36. The number of rotatable bonds is 7. The van der Waals surface area contributed by atoms with Crippen LogP contribution in [0.5, 0.6) is 0 Å². The van der Waals surface area contributed by atoms with Crippen molar-refractivity contribution in [2.45, 2.75) is 38.6 Å². The summed E-state index contributed by atoms with van der Waals surface area (Å²) in [6.45, 7) is 1.85. The van der Waals surface area contributed by atoms with Gasteiger partial charge in [-0.1, -0.05) is 0 Å². The molecule has 0 saturated heterocycles. The highest BCUT2D eigenvalue weighted by Crippen LogP contribution is 2.31. The normalized spacial score (nSPS) is 13.5. The van der Waals surface area contributed by atoms with E-state index in [9.17, 15) is 13.2 Å². The van der Waals surface area contributed by atoms with Crippen LogP contribution in [0.15, 0.2) is 11.6 Å². The van der Waals surface area contributed by atoms with E-state index < -0.39 is 11.9 Å². The number of aryl methyl sites for hydroxylation is 1. The number of aromatic nitrogens is 3. The number of halogens is 3. The summed E-state index contributed by atoms with van der Waals surface area (Å²) in [4.78, 5) is 4.35. The topological polar surface area (TPSA) is 60.2 Å². The van der Waals surface area contributed by atoms with Crippen LogP contribution in [0.2, 0.25) is 0 Å². The molecule has 0 fully saturated rings. The van der Waals surface area contributed by atoms with Crippen molar-refractivity contribution in [3.8, 4) is 0 Å². The van der Waals surface area contributed by atoms with Crippen molar-refractivity contribution in [2.75, 3.05) is 13.7 Å². The smallest absolute Gasteiger partial charge is 0.396 e. The molecule has 5 nitrogen and oxygen atoms in total. The Morgan fingerprint density at radius 3 is 2.78 bits per heavy atom. The van der Waals surface area contributed by atoms with Crippen LogP contribution >= 0.6 is 11.3 Å². The Morgan fingerprint density at radius 2 is 2.17 bits per heavy atom. The summed E-state index contributed by atoms with van der Waals surface area (Å²) in [6.07, 6.45) is -2.89. The van der Waals surface area contributed by atoms with Crippen molar-refractivity contribution in [1.82, 2.24) is 14.8 Å². The molecule has 128 valence electrons. The molecule has 0 aliphatic rings. The van der Waals surface area contributed by atoms with E-state index in [1.54, 1.807) is 12.5 Å². The number of hydrogen-bond donors (Lipinski definition) is 1. The number of thiazole rings is 1. The van der Waals surface area contributed by atoms with Gasteiger partial charge in [-0.15, -0.1) is 11.3 Å². The fraction of sp³-hybridized carbons (Fsp3) is 0.571. The minimum atomic E-state index is -4.51. The standard InChI is InChI=1S/C14H18F3N3O2S/c1-9(22-2)13-18-11(8-23-13)7-20-6-10(4-3-5-21)12(19-20)14(15,16)17/h6,8-9,21H,3-5,7H2,1-2H3. The van der Waals surface area contributed by atoms with Crippen molar-refractivity contribution < 1.29 is 23.0 Å².